The van der Waals surface area contributed by atoms with Crippen LogP contribution in [0, 0.1) is 5.41 Å². The van der Waals surface area contributed by atoms with Crippen LogP contribution in [0.1, 0.15) is 40.0 Å². The average molecular weight is 300 g/mol. The van der Waals surface area contributed by atoms with E-state index in [-0.39, 0.29) is 13.2 Å². The number of aliphatic hydroxyl groups excluding tert-OH is 1. The van der Waals surface area contributed by atoms with Crippen molar-refractivity contribution in [1.82, 2.24) is 10.2 Å². The smallest absolute Gasteiger partial charge is 0.410 e. The fraction of sp³-hybridized carbons (Fsp3) is 0.933. The first-order valence-electron chi connectivity index (χ1n) is 7.73. The molecule has 1 amide bonds. The van der Waals surface area contributed by atoms with Gasteiger partial charge in [-0.25, -0.2) is 4.79 Å². The Labute approximate surface area is 126 Å². The summed E-state index contributed by atoms with van der Waals surface area (Å²) in [6.45, 7) is 7.60. The van der Waals surface area contributed by atoms with Crippen molar-refractivity contribution in [2.24, 2.45) is 5.41 Å². The van der Waals surface area contributed by atoms with Crippen molar-refractivity contribution in [1.29, 1.82) is 0 Å². The number of carbonyl (C=O) groups is 1. The molecule has 2 rings (SSSR count). The van der Waals surface area contributed by atoms with Crippen molar-refractivity contribution >= 4 is 6.09 Å². The molecule has 3 N–H and O–H groups in total. The second-order valence-electron chi connectivity index (χ2n) is 7.40. The van der Waals surface area contributed by atoms with Gasteiger partial charge in [0.25, 0.3) is 0 Å². The van der Waals surface area contributed by atoms with Crippen molar-refractivity contribution in [2.75, 3.05) is 32.8 Å². The van der Waals surface area contributed by atoms with Gasteiger partial charge < -0.3 is 25.2 Å². The zero-order valence-electron chi connectivity index (χ0n) is 13.3. The molecule has 2 aliphatic heterocycles. The molecule has 0 radical (unpaired) electrons. The lowest BCUT2D eigenvalue weighted by Crippen LogP contribution is -2.59. The predicted molar refractivity (Wildman–Crippen MR) is 79.0 cm³/mol. The average Bonchev–Trinajstić information content (AvgIpc) is 2.82. The van der Waals surface area contributed by atoms with E-state index in [1.54, 1.807) is 4.90 Å². The number of rotatable bonds is 2. The van der Waals surface area contributed by atoms with E-state index in [0.717, 1.165) is 19.4 Å². The fourth-order valence-corrected chi connectivity index (χ4v) is 3.36. The maximum atomic E-state index is 12.1. The molecule has 21 heavy (non-hydrogen) atoms. The van der Waals surface area contributed by atoms with Crippen LogP contribution in [-0.2, 0) is 4.74 Å². The van der Waals surface area contributed by atoms with Gasteiger partial charge in [0.1, 0.15) is 5.60 Å². The molecule has 2 unspecified atom stereocenters. The SMILES string of the molecule is CC(C)(C)OC(=O)N1CCC(O)(C2(CO)CCCNC2)C1. The van der Waals surface area contributed by atoms with E-state index in [0.29, 0.717) is 19.5 Å². The van der Waals surface area contributed by atoms with Gasteiger partial charge in [0.05, 0.1) is 18.8 Å². The Kier molecular flexibility index (Phi) is 4.52. The van der Waals surface area contributed by atoms with Crippen molar-refractivity contribution in [2.45, 2.75) is 51.2 Å². The van der Waals surface area contributed by atoms with Gasteiger partial charge in [-0.05, 0) is 46.6 Å². The number of nitrogens with zero attached hydrogens (tertiary/aromatic N) is 1. The summed E-state index contributed by atoms with van der Waals surface area (Å²) in [4.78, 5) is 13.7. The summed E-state index contributed by atoms with van der Waals surface area (Å²) in [5, 5.41) is 24.1. The third-order valence-electron chi connectivity index (χ3n) is 4.66. The molecule has 0 aromatic carbocycles. The standard InChI is InChI=1S/C15H28N2O4/c1-13(2,3)21-12(19)17-8-6-15(20,10-17)14(11-18)5-4-7-16-9-14/h16,18,20H,4-11H2,1-3H3. The number of hydrogen-bond acceptors (Lipinski definition) is 5. The molecule has 0 bridgehead atoms. The largest absolute Gasteiger partial charge is 0.444 e. The Hall–Kier alpha value is -0.850. The number of piperidine rings is 1. The Bertz CT molecular complexity index is 388. The lowest BCUT2D eigenvalue weighted by molar-refractivity contribution is -0.112. The molecule has 2 aliphatic rings. The first-order valence-corrected chi connectivity index (χ1v) is 7.73. The minimum Gasteiger partial charge on any atom is -0.444 e. The summed E-state index contributed by atoms with van der Waals surface area (Å²) in [5.41, 5.74) is -2.16. The molecule has 0 spiro atoms. The highest BCUT2D eigenvalue weighted by Gasteiger charge is 2.54. The Morgan fingerprint density at radius 2 is 2.10 bits per heavy atom. The van der Waals surface area contributed by atoms with Gasteiger partial charge in [0, 0.05) is 18.5 Å². The van der Waals surface area contributed by atoms with Crippen LogP contribution in [0.15, 0.2) is 0 Å². The monoisotopic (exact) mass is 300 g/mol. The first kappa shape index (κ1) is 16.5. The predicted octanol–water partition coefficient (Wildman–Crippen LogP) is 0.720. The van der Waals surface area contributed by atoms with E-state index in [1.807, 2.05) is 20.8 Å². The summed E-state index contributed by atoms with van der Waals surface area (Å²) >= 11 is 0. The molecule has 6 nitrogen and oxygen atoms in total. The van der Waals surface area contributed by atoms with E-state index >= 15 is 0 Å². The van der Waals surface area contributed by atoms with Crippen LogP contribution >= 0.6 is 0 Å². The highest BCUT2D eigenvalue weighted by Crippen LogP contribution is 2.43. The summed E-state index contributed by atoms with van der Waals surface area (Å²) < 4.78 is 5.37. The number of carbonyl (C=O) groups excluding carboxylic acids is 1. The molecule has 2 atom stereocenters. The zero-order chi connectivity index (χ0) is 15.7. The van der Waals surface area contributed by atoms with Crippen LogP contribution in [0.25, 0.3) is 0 Å². The van der Waals surface area contributed by atoms with E-state index in [2.05, 4.69) is 5.32 Å². The maximum absolute atomic E-state index is 12.1. The van der Waals surface area contributed by atoms with Gasteiger partial charge in [-0.2, -0.15) is 0 Å². The van der Waals surface area contributed by atoms with Crippen LogP contribution in [0.3, 0.4) is 0 Å². The molecular formula is C15H28N2O4. The lowest BCUT2D eigenvalue weighted by atomic mass is 9.67. The molecule has 0 saturated carbocycles. The van der Waals surface area contributed by atoms with Crippen molar-refractivity contribution in [3.05, 3.63) is 0 Å². The topological polar surface area (TPSA) is 82.0 Å². The minimum atomic E-state index is -1.05. The van der Waals surface area contributed by atoms with Crippen LogP contribution < -0.4 is 5.32 Å². The normalized spacial score (nSPS) is 34.0. The highest BCUT2D eigenvalue weighted by molar-refractivity contribution is 5.68. The van der Waals surface area contributed by atoms with Gasteiger partial charge in [0.15, 0.2) is 0 Å². The number of hydrogen-bond donors (Lipinski definition) is 3. The summed E-state index contributed by atoms with van der Waals surface area (Å²) in [7, 11) is 0. The molecule has 0 aromatic rings. The fourth-order valence-electron chi connectivity index (χ4n) is 3.36. The number of aliphatic hydroxyl groups is 2. The van der Waals surface area contributed by atoms with Gasteiger partial charge >= 0.3 is 6.09 Å². The molecule has 2 saturated heterocycles. The van der Waals surface area contributed by atoms with Gasteiger partial charge in [-0.1, -0.05) is 0 Å². The molecule has 0 aromatic heterocycles. The van der Waals surface area contributed by atoms with Crippen LogP contribution in [-0.4, -0.2) is 65.2 Å². The van der Waals surface area contributed by atoms with Gasteiger partial charge in [0.2, 0.25) is 0 Å². The number of β-amino-alcohol motifs (C(OH)–C–C–N with tert-alkyl or cyclic N) is 1. The Morgan fingerprint density at radius 1 is 1.38 bits per heavy atom. The van der Waals surface area contributed by atoms with E-state index < -0.39 is 22.7 Å². The second kappa shape index (κ2) is 5.74. The quantitative estimate of drug-likeness (QED) is 0.700. The minimum absolute atomic E-state index is 0.0708. The van der Waals surface area contributed by atoms with Crippen LogP contribution in [0.4, 0.5) is 4.79 Å². The number of nitrogens with one attached hydrogen (secondary N) is 1. The molecule has 122 valence electrons. The molecule has 2 heterocycles. The molecule has 0 aliphatic carbocycles. The Balaban J connectivity index is 2.07. The van der Waals surface area contributed by atoms with E-state index in [4.69, 9.17) is 4.74 Å². The van der Waals surface area contributed by atoms with Crippen molar-refractivity contribution in [3.63, 3.8) is 0 Å². The zero-order valence-corrected chi connectivity index (χ0v) is 13.3. The number of likely N-dealkylation sites (tertiary alicyclic amines) is 1. The third-order valence-corrected chi connectivity index (χ3v) is 4.66. The lowest BCUT2D eigenvalue weighted by Gasteiger charge is -2.46. The van der Waals surface area contributed by atoms with Crippen molar-refractivity contribution in [3.8, 4) is 0 Å². The maximum Gasteiger partial charge on any atom is 0.410 e. The third kappa shape index (κ3) is 3.33. The highest BCUT2D eigenvalue weighted by atomic mass is 16.6. The first-order chi connectivity index (χ1) is 9.71. The second-order valence-corrected chi connectivity index (χ2v) is 7.40. The van der Waals surface area contributed by atoms with E-state index in [1.165, 1.54) is 0 Å². The van der Waals surface area contributed by atoms with E-state index in [9.17, 15) is 15.0 Å². The van der Waals surface area contributed by atoms with Crippen molar-refractivity contribution < 1.29 is 19.7 Å². The Morgan fingerprint density at radius 3 is 2.62 bits per heavy atom. The summed E-state index contributed by atoms with van der Waals surface area (Å²) in [6, 6.07) is 0. The summed E-state index contributed by atoms with van der Waals surface area (Å²) in [6.07, 6.45) is 1.79. The number of amides is 1. The van der Waals surface area contributed by atoms with Gasteiger partial charge in [-0.15, -0.1) is 0 Å². The van der Waals surface area contributed by atoms with Gasteiger partial charge in [-0.3, -0.25) is 0 Å². The molecular weight excluding hydrogens is 272 g/mol. The number of ether oxygens (including phenoxy) is 1. The summed E-state index contributed by atoms with van der Waals surface area (Å²) in [5.74, 6) is 0. The molecule has 2 fully saturated rings. The van der Waals surface area contributed by atoms with Crippen LogP contribution in [0.2, 0.25) is 0 Å². The van der Waals surface area contributed by atoms with Crippen LogP contribution in [0.5, 0.6) is 0 Å². The molecule has 6 heteroatoms.